The molecule has 0 heterocycles. The molecule has 0 aliphatic carbocycles. The first-order valence-corrected chi connectivity index (χ1v) is 5.71. The van der Waals surface area contributed by atoms with E-state index in [0.29, 0.717) is 18.8 Å². The maximum absolute atomic E-state index is 11.2. The van der Waals surface area contributed by atoms with Gasteiger partial charge in [-0.2, -0.15) is 5.26 Å². The van der Waals surface area contributed by atoms with Crippen LogP contribution in [0.4, 0.5) is 0 Å². The summed E-state index contributed by atoms with van der Waals surface area (Å²) in [5.41, 5.74) is 0. The molecular weight excluding hydrogens is 245 g/mol. The molecule has 92 valence electrons. The van der Waals surface area contributed by atoms with E-state index in [1.54, 1.807) is 6.07 Å². The Kier molecular flexibility index (Phi) is 14.7. The number of rotatable bonds is 8. The van der Waals surface area contributed by atoms with Crippen LogP contribution in [0.2, 0.25) is 0 Å². The second-order valence-electron chi connectivity index (χ2n) is 3.79. The van der Waals surface area contributed by atoms with Crippen LogP contribution in [0.15, 0.2) is 0 Å². The summed E-state index contributed by atoms with van der Waals surface area (Å²) >= 11 is 0. The van der Waals surface area contributed by atoms with Crippen LogP contribution in [-0.2, 0) is 14.3 Å². The van der Waals surface area contributed by atoms with Crippen LogP contribution in [0.25, 0.3) is 0 Å². The van der Waals surface area contributed by atoms with Crippen molar-refractivity contribution in [3.63, 3.8) is 0 Å². The molecule has 0 amide bonds. The molecule has 17 heavy (non-hydrogen) atoms. The number of carbonyl (C=O) groups is 2. The van der Waals surface area contributed by atoms with Gasteiger partial charge in [-0.25, -0.2) is 0 Å². The number of hydrogen-bond acceptors (Lipinski definition) is 4. The van der Waals surface area contributed by atoms with Gasteiger partial charge in [-0.15, -0.1) is 0 Å². The van der Waals surface area contributed by atoms with Crippen molar-refractivity contribution in [1.82, 2.24) is 0 Å². The van der Waals surface area contributed by atoms with Crippen molar-refractivity contribution in [1.29, 1.82) is 5.26 Å². The molecule has 0 fully saturated rings. The summed E-state index contributed by atoms with van der Waals surface area (Å²) < 4.78 is 4.94. The fourth-order valence-electron chi connectivity index (χ4n) is 1.33. The van der Waals surface area contributed by atoms with Crippen molar-refractivity contribution >= 4 is 12.3 Å². The Labute approximate surface area is 147 Å². The predicted octanol–water partition coefficient (Wildman–Crippen LogP) is -0.799. The van der Waals surface area contributed by atoms with Gasteiger partial charge in [0.25, 0.3) is 0 Å². The maximum atomic E-state index is 11.2. The molecule has 0 aliphatic heterocycles. The van der Waals surface area contributed by atoms with Crippen molar-refractivity contribution in [3.05, 3.63) is 0 Å². The zero-order valence-electron chi connectivity index (χ0n) is 11.9. The molecule has 0 aromatic heterocycles. The van der Waals surface area contributed by atoms with Crippen molar-refractivity contribution < 1.29 is 67.1 Å². The summed E-state index contributed by atoms with van der Waals surface area (Å²) in [6.07, 6.45) is 4.48. The standard InChI is InChI=1S/C12H19NO3.K.H/c1-3-5-6-10(4-2)9-16-12(15)11(7-13)8-14;;/h8,10-11H,3-6,9H2,1-2H3;;/q;+1;-1. The number of aldehydes is 1. The van der Waals surface area contributed by atoms with Gasteiger partial charge in [-0.3, -0.25) is 4.79 Å². The molecule has 0 radical (unpaired) electrons. The van der Waals surface area contributed by atoms with Crippen molar-refractivity contribution in [2.24, 2.45) is 11.8 Å². The summed E-state index contributed by atoms with van der Waals surface area (Å²) in [6.45, 7) is 4.45. The van der Waals surface area contributed by atoms with Gasteiger partial charge in [-0.1, -0.05) is 33.1 Å². The third kappa shape index (κ3) is 8.92. The average molecular weight is 265 g/mol. The number of esters is 1. The zero-order valence-corrected chi connectivity index (χ0v) is 14.1. The average Bonchev–Trinajstić information content (AvgIpc) is 2.31. The van der Waals surface area contributed by atoms with Gasteiger partial charge in [0.15, 0.2) is 5.92 Å². The molecule has 0 aromatic rings. The van der Waals surface area contributed by atoms with Crippen molar-refractivity contribution in [2.75, 3.05) is 6.61 Å². The maximum Gasteiger partial charge on any atom is 1.00 e. The summed E-state index contributed by atoms with van der Waals surface area (Å²) in [6, 6.07) is 1.59. The summed E-state index contributed by atoms with van der Waals surface area (Å²) in [5.74, 6) is -1.67. The van der Waals surface area contributed by atoms with Gasteiger partial charge in [0.1, 0.15) is 6.29 Å². The Morgan fingerprint density at radius 2 is 2.18 bits per heavy atom. The van der Waals surface area contributed by atoms with E-state index in [1.165, 1.54) is 0 Å². The predicted molar refractivity (Wildman–Crippen MR) is 60.5 cm³/mol. The second-order valence-corrected chi connectivity index (χ2v) is 3.79. The molecule has 2 unspecified atom stereocenters. The topological polar surface area (TPSA) is 67.2 Å². The van der Waals surface area contributed by atoms with Crippen LogP contribution in [0, 0.1) is 23.2 Å². The van der Waals surface area contributed by atoms with Crippen molar-refractivity contribution in [3.8, 4) is 6.07 Å². The minimum Gasteiger partial charge on any atom is -1.00 e. The molecular formula is C12H20KNO3. The van der Waals surface area contributed by atoms with E-state index in [4.69, 9.17) is 10.00 Å². The van der Waals surface area contributed by atoms with Gasteiger partial charge >= 0.3 is 57.4 Å². The largest absolute Gasteiger partial charge is 1.00 e. The van der Waals surface area contributed by atoms with Crippen LogP contribution >= 0.6 is 0 Å². The van der Waals surface area contributed by atoms with E-state index < -0.39 is 11.9 Å². The second kappa shape index (κ2) is 12.7. The normalized spacial score (nSPS) is 12.8. The van der Waals surface area contributed by atoms with Crippen LogP contribution in [0.1, 0.15) is 41.0 Å². The molecule has 0 aromatic carbocycles. The Bertz CT molecular complexity index is 269. The monoisotopic (exact) mass is 265 g/mol. The zero-order chi connectivity index (χ0) is 12.4. The molecule has 0 bridgehead atoms. The third-order valence-electron chi connectivity index (χ3n) is 2.53. The van der Waals surface area contributed by atoms with Gasteiger partial charge < -0.3 is 11.0 Å². The Morgan fingerprint density at radius 3 is 2.59 bits per heavy atom. The first kappa shape index (κ1) is 19.6. The van der Waals surface area contributed by atoms with E-state index in [2.05, 4.69) is 6.92 Å². The third-order valence-corrected chi connectivity index (χ3v) is 2.53. The van der Waals surface area contributed by atoms with Crippen LogP contribution in [0.5, 0.6) is 0 Å². The molecule has 2 atom stereocenters. The Hall–Kier alpha value is 0.266. The summed E-state index contributed by atoms with van der Waals surface area (Å²) in [7, 11) is 0. The molecule has 4 nitrogen and oxygen atoms in total. The number of hydrogen-bond donors (Lipinski definition) is 0. The molecule has 0 aliphatic rings. The van der Waals surface area contributed by atoms with Gasteiger partial charge in [0.05, 0.1) is 12.7 Å². The minimum atomic E-state index is -1.27. The number of carbonyl (C=O) groups excluding carboxylic acids is 2. The minimum absolute atomic E-state index is 0. The fourth-order valence-corrected chi connectivity index (χ4v) is 1.33. The molecule has 0 saturated heterocycles. The first-order chi connectivity index (χ1) is 7.69. The number of unbranched alkanes of at least 4 members (excludes halogenated alkanes) is 1. The number of nitrogens with zero attached hydrogens (tertiary/aromatic N) is 1. The molecule has 0 saturated carbocycles. The van der Waals surface area contributed by atoms with Crippen molar-refractivity contribution in [2.45, 2.75) is 39.5 Å². The van der Waals surface area contributed by atoms with Crippen LogP contribution in [-0.4, -0.2) is 18.9 Å². The van der Waals surface area contributed by atoms with Crippen LogP contribution in [0.3, 0.4) is 0 Å². The number of ether oxygens (including phenoxy) is 1. The Morgan fingerprint density at radius 1 is 1.53 bits per heavy atom. The number of nitriles is 1. The Balaban J connectivity index is -0.00000112. The summed E-state index contributed by atoms with van der Waals surface area (Å²) in [5, 5.41) is 8.48. The first-order valence-electron chi connectivity index (χ1n) is 5.71. The fraction of sp³-hybridized carbons (Fsp3) is 0.750. The van der Waals surface area contributed by atoms with E-state index >= 15 is 0 Å². The SMILES string of the molecule is CCCCC(CC)COC(=O)C(C#N)C=O.[H-].[K+]. The van der Waals surface area contributed by atoms with E-state index in [1.807, 2.05) is 6.92 Å². The van der Waals surface area contributed by atoms with E-state index in [0.717, 1.165) is 25.7 Å². The molecule has 0 N–H and O–H groups in total. The quantitative estimate of drug-likeness (QED) is 0.249. The molecule has 0 spiro atoms. The van der Waals surface area contributed by atoms with Gasteiger partial charge in [0.2, 0.25) is 0 Å². The van der Waals surface area contributed by atoms with E-state index in [-0.39, 0.29) is 52.8 Å². The van der Waals surface area contributed by atoms with Crippen LogP contribution < -0.4 is 51.4 Å². The van der Waals surface area contributed by atoms with Gasteiger partial charge in [-0.05, 0) is 12.3 Å². The van der Waals surface area contributed by atoms with E-state index in [9.17, 15) is 9.59 Å². The smallest absolute Gasteiger partial charge is 1.00 e. The molecule has 5 heteroatoms. The van der Waals surface area contributed by atoms with Gasteiger partial charge in [0, 0.05) is 0 Å². The molecule has 0 rings (SSSR count). The summed E-state index contributed by atoms with van der Waals surface area (Å²) in [4.78, 5) is 21.6.